The lowest BCUT2D eigenvalue weighted by Gasteiger charge is -2.08. The Bertz CT molecular complexity index is 1250. The molecule has 0 saturated heterocycles. The maximum Gasteiger partial charge on any atom is 0.387 e. The summed E-state index contributed by atoms with van der Waals surface area (Å²) in [6.45, 7) is -2.97. The number of para-hydroxylation sites is 2. The summed E-state index contributed by atoms with van der Waals surface area (Å²) in [4.78, 5) is 28.9. The molecular formula is C20H12F2N2O4S. The van der Waals surface area contributed by atoms with Gasteiger partial charge in [0.1, 0.15) is 16.9 Å². The second-order valence-corrected chi connectivity index (χ2v) is 6.71. The number of alkyl halides is 2. The van der Waals surface area contributed by atoms with Crippen molar-refractivity contribution in [3.8, 4) is 17.0 Å². The van der Waals surface area contributed by atoms with Gasteiger partial charge in [0.15, 0.2) is 5.13 Å². The number of benzene rings is 2. The van der Waals surface area contributed by atoms with E-state index in [0.717, 1.165) is 11.3 Å². The molecule has 2 aromatic heterocycles. The number of carbonyl (C=O) groups is 1. The third-order valence-electron chi connectivity index (χ3n) is 3.99. The van der Waals surface area contributed by atoms with Gasteiger partial charge < -0.3 is 9.15 Å². The second kappa shape index (κ2) is 7.80. The molecule has 1 N–H and O–H groups in total. The number of carbonyl (C=O) groups excluding carboxylic acids is 1. The van der Waals surface area contributed by atoms with Crippen LogP contribution in [0.15, 0.2) is 69.2 Å². The highest BCUT2D eigenvalue weighted by Crippen LogP contribution is 2.33. The Hall–Kier alpha value is -3.59. The second-order valence-electron chi connectivity index (χ2n) is 5.85. The number of aromatic nitrogens is 1. The van der Waals surface area contributed by atoms with Crippen molar-refractivity contribution in [2.45, 2.75) is 6.61 Å². The summed E-state index contributed by atoms with van der Waals surface area (Å²) >= 11 is 1.09. The summed E-state index contributed by atoms with van der Waals surface area (Å²) in [5, 5.41) is 4.93. The first-order valence-corrected chi connectivity index (χ1v) is 9.23. The zero-order valence-electron chi connectivity index (χ0n) is 14.6. The molecule has 2 heterocycles. The molecular weight excluding hydrogens is 402 g/mol. The van der Waals surface area contributed by atoms with Crippen LogP contribution in [0.4, 0.5) is 13.9 Å². The van der Waals surface area contributed by atoms with Crippen molar-refractivity contribution in [1.29, 1.82) is 0 Å². The molecule has 0 aliphatic rings. The maximum atomic E-state index is 12.6. The molecule has 1 amide bonds. The molecule has 0 radical (unpaired) electrons. The summed E-state index contributed by atoms with van der Waals surface area (Å²) in [6.07, 6.45) is 0. The molecule has 0 saturated carbocycles. The highest BCUT2D eigenvalue weighted by atomic mass is 32.1. The Morgan fingerprint density at radius 2 is 1.90 bits per heavy atom. The van der Waals surface area contributed by atoms with Crippen LogP contribution in [0, 0.1) is 0 Å². The molecule has 0 unspecified atom stereocenters. The van der Waals surface area contributed by atoms with E-state index in [-0.39, 0.29) is 16.4 Å². The van der Waals surface area contributed by atoms with Gasteiger partial charge in [0.25, 0.3) is 5.91 Å². The minimum absolute atomic E-state index is 0.0270. The number of halogens is 2. The summed E-state index contributed by atoms with van der Waals surface area (Å²) in [6, 6.07) is 14.5. The van der Waals surface area contributed by atoms with Gasteiger partial charge in [-0.15, -0.1) is 11.3 Å². The minimum atomic E-state index is -2.97. The van der Waals surface area contributed by atoms with Gasteiger partial charge in [0.05, 0.1) is 5.69 Å². The zero-order chi connectivity index (χ0) is 20.4. The fourth-order valence-corrected chi connectivity index (χ4v) is 3.42. The van der Waals surface area contributed by atoms with Gasteiger partial charge in [-0.3, -0.25) is 10.1 Å². The van der Waals surface area contributed by atoms with Crippen LogP contribution >= 0.6 is 11.3 Å². The molecule has 146 valence electrons. The molecule has 0 aliphatic heterocycles. The largest absolute Gasteiger partial charge is 0.434 e. The molecule has 0 atom stereocenters. The first kappa shape index (κ1) is 18.8. The molecule has 0 fully saturated rings. The van der Waals surface area contributed by atoms with Crippen LogP contribution < -0.4 is 15.7 Å². The van der Waals surface area contributed by atoms with Crippen molar-refractivity contribution >= 4 is 33.3 Å². The van der Waals surface area contributed by atoms with Crippen molar-refractivity contribution < 1.29 is 22.7 Å². The summed E-state index contributed by atoms with van der Waals surface area (Å²) in [5.74, 6) is -0.705. The van der Waals surface area contributed by atoms with Gasteiger partial charge in [0.2, 0.25) is 0 Å². The predicted molar refractivity (Wildman–Crippen MR) is 105 cm³/mol. The smallest absolute Gasteiger partial charge is 0.387 e. The van der Waals surface area contributed by atoms with E-state index in [0.29, 0.717) is 22.2 Å². The van der Waals surface area contributed by atoms with Crippen LogP contribution in [-0.2, 0) is 0 Å². The van der Waals surface area contributed by atoms with E-state index in [1.165, 1.54) is 12.1 Å². The van der Waals surface area contributed by atoms with Crippen LogP contribution in [0.3, 0.4) is 0 Å². The molecule has 6 nitrogen and oxygen atoms in total. The Morgan fingerprint density at radius 3 is 2.72 bits per heavy atom. The van der Waals surface area contributed by atoms with Crippen LogP contribution in [0.5, 0.6) is 5.75 Å². The van der Waals surface area contributed by atoms with E-state index in [4.69, 9.17) is 4.42 Å². The van der Waals surface area contributed by atoms with E-state index in [9.17, 15) is 18.4 Å². The van der Waals surface area contributed by atoms with Crippen LogP contribution in [-0.4, -0.2) is 17.5 Å². The average Bonchev–Trinajstić information content (AvgIpc) is 3.15. The first-order valence-electron chi connectivity index (χ1n) is 8.35. The third-order valence-corrected chi connectivity index (χ3v) is 4.75. The topological polar surface area (TPSA) is 81.4 Å². The average molecular weight is 414 g/mol. The highest BCUT2D eigenvalue weighted by Gasteiger charge is 2.17. The number of fused-ring (bicyclic) bond motifs is 1. The van der Waals surface area contributed by atoms with Gasteiger partial charge in [-0.2, -0.15) is 8.78 Å². The minimum Gasteiger partial charge on any atom is -0.434 e. The van der Waals surface area contributed by atoms with Crippen molar-refractivity contribution in [2.75, 3.05) is 5.32 Å². The number of ether oxygens (including phenoxy) is 1. The Kier molecular flexibility index (Phi) is 5.05. The monoisotopic (exact) mass is 414 g/mol. The predicted octanol–water partition coefficient (Wildman–Crippen LogP) is 4.77. The third kappa shape index (κ3) is 3.99. The first-order chi connectivity index (χ1) is 14.0. The van der Waals surface area contributed by atoms with Gasteiger partial charge in [-0.1, -0.05) is 30.3 Å². The number of anilines is 1. The van der Waals surface area contributed by atoms with Crippen molar-refractivity contribution in [3.63, 3.8) is 0 Å². The van der Waals surface area contributed by atoms with E-state index in [1.807, 2.05) is 0 Å². The van der Waals surface area contributed by atoms with Crippen molar-refractivity contribution in [1.82, 2.24) is 4.98 Å². The Labute approximate surface area is 166 Å². The quantitative estimate of drug-likeness (QED) is 0.476. The SMILES string of the molecule is O=C(Nc1nc(-c2ccccc2OC(F)F)cs1)c1cc2ccccc2oc1=O. The van der Waals surface area contributed by atoms with E-state index < -0.39 is 18.1 Å². The number of hydrogen-bond donors (Lipinski definition) is 1. The summed E-state index contributed by atoms with van der Waals surface area (Å²) in [5.41, 5.74) is 0.152. The van der Waals surface area contributed by atoms with E-state index >= 15 is 0 Å². The van der Waals surface area contributed by atoms with Gasteiger partial charge in [-0.25, -0.2) is 9.78 Å². The molecule has 0 bridgehead atoms. The highest BCUT2D eigenvalue weighted by molar-refractivity contribution is 7.14. The molecule has 0 aliphatic carbocycles. The fourth-order valence-electron chi connectivity index (χ4n) is 2.72. The number of thiazole rings is 1. The maximum absolute atomic E-state index is 12.6. The summed E-state index contributed by atoms with van der Waals surface area (Å²) < 4.78 is 34.9. The lowest BCUT2D eigenvalue weighted by molar-refractivity contribution is -0.0494. The summed E-state index contributed by atoms with van der Waals surface area (Å²) in [7, 11) is 0. The van der Waals surface area contributed by atoms with Crippen molar-refractivity contribution in [3.05, 3.63) is 76.0 Å². The van der Waals surface area contributed by atoms with Gasteiger partial charge in [-0.05, 0) is 24.3 Å². The van der Waals surface area contributed by atoms with Crippen LogP contribution in [0.1, 0.15) is 10.4 Å². The van der Waals surface area contributed by atoms with Crippen LogP contribution in [0.2, 0.25) is 0 Å². The number of nitrogens with one attached hydrogen (secondary N) is 1. The van der Waals surface area contributed by atoms with E-state index in [2.05, 4.69) is 15.0 Å². The lowest BCUT2D eigenvalue weighted by Crippen LogP contribution is -2.20. The zero-order valence-corrected chi connectivity index (χ0v) is 15.4. The van der Waals surface area contributed by atoms with Gasteiger partial charge >= 0.3 is 12.2 Å². The molecule has 4 rings (SSSR count). The standard InChI is InChI=1S/C20H12F2N2O4S/c21-19(22)28-16-8-4-2-6-12(16)14-10-29-20(23-14)24-17(25)13-9-11-5-1-3-7-15(11)27-18(13)26/h1-10,19H,(H,23,24,25). The molecule has 0 spiro atoms. The number of nitrogens with zero attached hydrogens (tertiary/aromatic N) is 1. The normalized spacial score (nSPS) is 11.0. The molecule has 2 aromatic carbocycles. The van der Waals surface area contributed by atoms with Crippen molar-refractivity contribution in [2.24, 2.45) is 0 Å². The number of rotatable bonds is 5. The number of hydrogen-bond acceptors (Lipinski definition) is 6. The molecule has 29 heavy (non-hydrogen) atoms. The van der Waals surface area contributed by atoms with E-state index in [1.54, 1.807) is 47.8 Å². The molecule has 4 aromatic rings. The Morgan fingerprint density at radius 1 is 1.14 bits per heavy atom. The lowest BCUT2D eigenvalue weighted by atomic mass is 10.1. The van der Waals surface area contributed by atoms with Gasteiger partial charge in [0, 0.05) is 16.3 Å². The van der Waals surface area contributed by atoms with Crippen LogP contribution in [0.25, 0.3) is 22.2 Å². The Balaban J connectivity index is 1.60. The molecule has 9 heteroatoms. The fraction of sp³-hybridized carbons (Fsp3) is 0.0500. The number of amides is 1.